The van der Waals surface area contributed by atoms with Crippen LogP contribution in [0.2, 0.25) is 5.15 Å². The van der Waals surface area contributed by atoms with Crippen LogP contribution in [0.1, 0.15) is 16.7 Å². The van der Waals surface area contributed by atoms with E-state index >= 15 is 0 Å². The van der Waals surface area contributed by atoms with Crippen LogP contribution in [0.25, 0.3) is 22.4 Å². The first kappa shape index (κ1) is 17.1. The number of halogens is 1. The summed E-state index contributed by atoms with van der Waals surface area (Å²) in [6, 6.07) is 16.2. The Morgan fingerprint density at radius 2 is 1.88 bits per heavy atom. The van der Waals surface area contributed by atoms with Crippen LogP contribution in [-0.4, -0.2) is 15.2 Å². The smallest absolute Gasteiger partial charge is 0.277 e. The number of rotatable bonds is 4. The van der Waals surface area contributed by atoms with Gasteiger partial charge < -0.3 is 4.42 Å². The summed E-state index contributed by atoms with van der Waals surface area (Å²) < 4.78 is 5.79. The number of thioether (sulfide) groups is 1. The summed E-state index contributed by atoms with van der Waals surface area (Å²) >= 11 is 7.81. The van der Waals surface area contributed by atoms with Crippen molar-refractivity contribution in [2.45, 2.75) is 24.8 Å². The Labute approximate surface area is 160 Å². The topological polar surface area (TPSA) is 51.8 Å². The average molecular weight is 382 g/mol. The van der Waals surface area contributed by atoms with Crippen molar-refractivity contribution in [1.82, 2.24) is 15.2 Å². The lowest BCUT2D eigenvalue weighted by atomic mass is 10.1. The molecule has 4 aromatic rings. The SMILES string of the molecule is Cc1ccc2cc(CSc3nnc(-c4ccccc4C)o3)c(Cl)nc2c1. The summed E-state index contributed by atoms with van der Waals surface area (Å²) in [5, 5.41) is 10.4. The molecule has 2 aromatic heterocycles. The highest BCUT2D eigenvalue weighted by Gasteiger charge is 2.12. The molecule has 0 atom stereocenters. The van der Waals surface area contributed by atoms with Gasteiger partial charge in [-0.15, -0.1) is 10.2 Å². The third kappa shape index (κ3) is 3.45. The zero-order chi connectivity index (χ0) is 18.1. The van der Waals surface area contributed by atoms with Crippen LogP contribution >= 0.6 is 23.4 Å². The third-order valence-corrected chi connectivity index (χ3v) is 5.33. The summed E-state index contributed by atoms with van der Waals surface area (Å²) in [6.07, 6.45) is 0. The molecule has 0 aliphatic carbocycles. The van der Waals surface area contributed by atoms with E-state index in [9.17, 15) is 0 Å². The van der Waals surface area contributed by atoms with Gasteiger partial charge in [-0.2, -0.15) is 0 Å². The first-order valence-electron chi connectivity index (χ1n) is 8.18. The van der Waals surface area contributed by atoms with Crippen LogP contribution in [0.3, 0.4) is 0 Å². The van der Waals surface area contributed by atoms with Crippen LogP contribution in [0.5, 0.6) is 0 Å². The Hall–Kier alpha value is -2.37. The average Bonchev–Trinajstić information content (AvgIpc) is 3.09. The number of fused-ring (bicyclic) bond motifs is 1. The maximum absolute atomic E-state index is 6.35. The van der Waals surface area contributed by atoms with Crippen molar-refractivity contribution in [3.05, 3.63) is 70.4 Å². The van der Waals surface area contributed by atoms with Gasteiger partial charge in [-0.25, -0.2) is 4.98 Å². The fourth-order valence-corrected chi connectivity index (χ4v) is 3.76. The molecule has 26 heavy (non-hydrogen) atoms. The van der Waals surface area contributed by atoms with E-state index in [1.165, 1.54) is 11.8 Å². The molecule has 0 N–H and O–H groups in total. The van der Waals surface area contributed by atoms with Crippen LogP contribution in [0, 0.1) is 13.8 Å². The molecule has 4 rings (SSSR count). The van der Waals surface area contributed by atoms with Gasteiger partial charge in [-0.05, 0) is 43.2 Å². The molecular weight excluding hydrogens is 366 g/mol. The molecule has 0 spiro atoms. The highest BCUT2D eigenvalue weighted by Crippen LogP contribution is 2.30. The summed E-state index contributed by atoms with van der Waals surface area (Å²) in [5.74, 6) is 1.15. The molecule has 0 saturated heterocycles. The van der Waals surface area contributed by atoms with Crippen molar-refractivity contribution >= 4 is 34.3 Å². The van der Waals surface area contributed by atoms with E-state index in [-0.39, 0.29) is 0 Å². The lowest BCUT2D eigenvalue weighted by Crippen LogP contribution is -1.89. The Morgan fingerprint density at radius 3 is 2.73 bits per heavy atom. The van der Waals surface area contributed by atoms with Crippen LogP contribution in [0.4, 0.5) is 0 Å². The van der Waals surface area contributed by atoms with Crippen molar-refractivity contribution in [2.24, 2.45) is 0 Å². The molecule has 6 heteroatoms. The Morgan fingerprint density at radius 1 is 1.04 bits per heavy atom. The van der Waals surface area contributed by atoms with E-state index in [1.54, 1.807) is 0 Å². The van der Waals surface area contributed by atoms with Crippen LogP contribution < -0.4 is 0 Å². The van der Waals surface area contributed by atoms with Gasteiger partial charge in [-0.1, -0.05) is 53.7 Å². The van der Waals surface area contributed by atoms with E-state index in [0.717, 1.165) is 33.2 Å². The Kier molecular flexibility index (Phi) is 4.66. The molecule has 0 fully saturated rings. The van der Waals surface area contributed by atoms with E-state index in [4.69, 9.17) is 16.0 Å². The summed E-state index contributed by atoms with van der Waals surface area (Å²) in [7, 11) is 0. The third-order valence-electron chi connectivity index (χ3n) is 4.13. The van der Waals surface area contributed by atoms with E-state index in [1.807, 2.05) is 44.2 Å². The molecule has 0 bridgehead atoms. The minimum atomic E-state index is 0.509. The second-order valence-electron chi connectivity index (χ2n) is 6.11. The summed E-state index contributed by atoms with van der Waals surface area (Å²) in [5.41, 5.74) is 5.07. The molecule has 0 aliphatic rings. The van der Waals surface area contributed by atoms with Gasteiger partial charge in [0.15, 0.2) is 0 Å². The highest BCUT2D eigenvalue weighted by atomic mass is 35.5. The van der Waals surface area contributed by atoms with Gasteiger partial charge in [-0.3, -0.25) is 0 Å². The number of nitrogens with zero attached hydrogens (tertiary/aromatic N) is 3. The molecule has 0 aliphatic heterocycles. The van der Waals surface area contributed by atoms with E-state index < -0.39 is 0 Å². The predicted octanol–water partition coefficient (Wildman–Crippen LogP) is 5.85. The van der Waals surface area contributed by atoms with Gasteiger partial charge in [0.1, 0.15) is 5.15 Å². The molecule has 4 nitrogen and oxygen atoms in total. The normalized spacial score (nSPS) is 11.2. The summed E-state index contributed by atoms with van der Waals surface area (Å²) in [4.78, 5) is 4.50. The number of aryl methyl sites for hydroxylation is 2. The molecule has 0 unspecified atom stereocenters. The van der Waals surface area contributed by atoms with Crippen molar-refractivity contribution in [1.29, 1.82) is 0 Å². The summed E-state index contributed by atoms with van der Waals surface area (Å²) in [6.45, 7) is 4.06. The zero-order valence-corrected chi connectivity index (χ0v) is 15.9. The molecule has 0 amide bonds. The molecule has 0 radical (unpaired) electrons. The second kappa shape index (κ2) is 7.09. The standard InChI is InChI=1S/C20H16ClN3OS/c1-12-7-8-14-10-15(18(21)22-17(14)9-12)11-26-20-24-23-19(25-20)16-6-4-3-5-13(16)2/h3-10H,11H2,1-2H3. The number of hydrogen-bond donors (Lipinski definition) is 0. The van der Waals surface area contributed by atoms with Crippen LogP contribution in [-0.2, 0) is 5.75 Å². The second-order valence-corrected chi connectivity index (χ2v) is 7.40. The van der Waals surface area contributed by atoms with Gasteiger partial charge >= 0.3 is 0 Å². The van der Waals surface area contributed by atoms with Gasteiger partial charge in [0.25, 0.3) is 5.22 Å². The number of aromatic nitrogens is 3. The van der Waals surface area contributed by atoms with Crippen molar-refractivity contribution in [3.8, 4) is 11.5 Å². The monoisotopic (exact) mass is 381 g/mol. The number of hydrogen-bond acceptors (Lipinski definition) is 5. The molecular formula is C20H16ClN3OS. The number of pyridine rings is 1. The molecule has 2 aromatic carbocycles. The van der Waals surface area contributed by atoms with Crippen molar-refractivity contribution < 1.29 is 4.42 Å². The largest absolute Gasteiger partial charge is 0.411 e. The molecule has 0 saturated carbocycles. The first-order chi connectivity index (χ1) is 12.6. The van der Waals surface area contributed by atoms with E-state index in [2.05, 4.69) is 33.4 Å². The predicted molar refractivity (Wildman–Crippen MR) is 106 cm³/mol. The highest BCUT2D eigenvalue weighted by molar-refractivity contribution is 7.98. The van der Waals surface area contributed by atoms with Crippen molar-refractivity contribution in [2.75, 3.05) is 0 Å². The minimum Gasteiger partial charge on any atom is -0.411 e. The molecule has 130 valence electrons. The zero-order valence-electron chi connectivity index (χ0n) is 14.4. The fourth-order valence-electron chi connectivity index (χ4n) is 2.73. The maximum atomic E-state index is 6.35. The first-order valence-corrected chi connectivity index (χ1v) is 9.54. The quantitative estimate of drug-likeness (QED) is 0.328. The molecule has 2 heterocycles. The Bertz CT molecular complexity index is 1090. The number of benzene rings is 2. The Balaban J connectivity index is 1.54. The minimum absolute atomic E-state index is 0.509. The lowest BCUT2D eigenvalue weighted by molar-refractivity contribution is 0.465. The van der Waals surface area contributed by atoms with Gasteiger partial charge in [0.2, 0.25) is 5.89 Å². The van der Waals surface area contributed by atoms with Gasteiger partial charge in [0, 0.05) is 22.3 Å². The maximum Gasteiger partial charge on any atom is 0.277 e. The van der Waals surface area contributed by atoms with E-state index in [0.29, 0.717) is 22.0 Å². The van der Waals surface area contributed by atoms with Crippen molar-refractivity contribution in [3.63, 3.8) is 0 Å². The lowest BCUT2D eigenvalue weighted by Gasteiger charge is -2.05. The fraction of sp³-hybridized carbons (Fsp3) is 0.150. The van der Waals surface area contributed by atoms with Crippen LogP contribution in [0.15, 0.2) is 58.2 Å². The van der Waals surface area contributed by atoms with Gasteiger partial charge in [0.05, 0.1) is 5.52 Å².